The van der Waals surface area contributed by atoms with Crippen molar-refractivity contribution in [2.24, 2.45) is 0 Å². The van der Waals surface area contributed by atoms with Crippen LogP contribution in [0, 0.1) is 0 Å². The molecule has 1 amide bonds. The number of aromatic amines is 1. The fourth-order valence-corrected chi connectivity index (χ4v) is 3.99. The van der Waals surface area contributed by atoms with Crippen LogP contribution in [-0.4, -0.2) is 58.5 Å². The third kappa shape index (κ3) is 3.22. The number of fused-ring (bicyclic) bond motifs is 1. The monoisotopic (exact) mass is 377 g/mol. The van der Waals surface area contributed by atoms with Gasteiger partial charge in [0.2, 0.25) is 5.95 Å². The summed E-state index contributed by atoms with van der Waals surface area (Å²) in [5.41, 5.74) is 2.51. The van der Waals surface area contributed by atoms with Gasteiger partial charge < -0.3 is 19.5 Å². The summed E-state index contributed by atoms with van der Waals surface area (Å²) in [5.74, 6) is 0.790. The van der Waals surface area contributed by atoms with Gasteiger partial charge in [0.15, 0.2) is 0 Å². The van der Waals surface area contributed by atoms with Crippen molar-refractivity contribution in [2.45, 2.75) is 18.9 Å². The molecule has 5 rings (SSSR count). The van der Waals surface area contributed by atoms with Crippen LogP contribution >= 0.6 is 0 Å². The summed E-state index contributed by atoms with van der Waals surface area (Å²) in [4.78, 5) is 29.4. The lowest BCUT2D eigenvalue weighted by Gasteiger charge is -2.33. The number of anilines is 1. The van der Waals surface area contributed by atoms with E-state index in [1.807, 2.05) is 41.4 Å². The lowest BCUT2D eigenvalue weighted by molar-refractivity contribution is -0.0247. The Morgan fingerprint density at radius 2 is 2.04 bits per heavy atom. The number of hydrogen-bond acceptors (Lipinski definition) is 5. The van der Waals surface area contributed by atoms with Crippen molar-refractivity contribution in [1.29, 1.82) is 0 Å². The maximum absolute atomic E-state index is 13.0. The second-order valence-electron chi connectivity index (χ2n) is 7.37. The highest BCUT2D eigenvalue weighted by Crippen LogP contribution is 2.25. The predicted octanol–water partition coefficient (Wildman–Crippen LogP) is 2.77. The highest BCUT2D eigenvalue weighted by atomic mass is 16.5. The molecule has 0 saturated carbocycles. The van der Waals surface area contributed by atoms with Gasteiger partial charge in [0.25, 0.3) is 5.91 Å². The maximum atomic E-state index is 13.0. The number of amides is 1. The van der Waals surface area contributed by atoms with E-state index >= 15 is 0 Å². The Labute approximate surface area is 163 Å². The molecule has 2 aromatic heterocycles. The number of benzene rings is 1. The van der Waals surface area contributed by atoms with Crippen LogP contribution < -0.4 is 4.90 Å². The summed E-state index contributed by atoms with van der Waals surface area (Å²) in [6, 6.07) is 9.67. The highest BCUT2D eigenvalue weighted by Gasteiger charge is 2.28. The summed E-state index contributed by atoms with van der Waals surface area (Å²) in [6.45, 7) is 3.59. The molecule has 7 heteroatoms. The fraction of sp³-hybridized carbons (Fsp3) is 0.381. The zero-order valence-electron chi connectivity index (χ0n) is 15.7. The molecule has 144 valence electrons. The lowest BCUT2D eigenvalue weighted by Crippen LogP contribution is -2.42. The number of ether oxygens (including phenoxy) is 1. The van der Waals surface area contributed by atoms with Crippen LogP contribution in [0.15, 0.2) is 42.7 Å². The zero-order valence-corrected chi connectivity index (χ0v) is 15.7. The number of H-pyrrole nitrogens is 1. The van der Waals surface area contributed by atoms with Gasteiger partial charge >= 0.3 is 0 Å². The molecule has 28 heavy (non-hydrogen) atoms. The van der Waals surface area contributed by atoms with Crippen LogP contribution in [-0.2, 0) is 4.74 Å². The first-order valence-corrected chi connectivity index (χ1v) is 9.84. The third-order valence-corrected chi connectivity index (χ3v) is 5.54. The van der Waals surface area contributed by atoms with E-state index in [1.165, 1.54) is 12.8 Å². The molecule has 3 aromatic rings. The summed E-state index contributed by atoms with van der Waals surface area (Å²) in [6.07, 6.45) is 5.81. The summed E-state index contributed by atoms with van der Waals surface area (Å²) in [5, 5.41) is 1.10. The van der Waals surface area contributed by atoms with E-state index in [2.05, 4.69) is 14.9 Å². The smallest absolute Gasteiger partial charge is 0.254 e. The van der Waals surface area contributed by atoms with Gasteiger partial charge in [0, 0.05) is 43.1 Å². The van der Waals surface area contributed by atoms with Gasteiger partial charge in [0.05, 0.1) is 18.8 Å². The van der Waals surface area contributed by atoms with E-state index in [1.54, 1.807) is 6.20 Å². The van der Waals surface area contributed by atoms with E-state index in [0.717, 1.165) is 35.6 Å². The molecule has 0 aliphatic carbocycles. The van der Waals surface area contributed by atoms with Crippen LogP contribution in [0.1, 0.15) is 35.0 Å². The number of rotatable bonds is 3. The molecule has 4 heterocycles. The molecule has 1 unspecified atom stereocenters. The number of nitrogens with zero attached hydrogens (tertiary/aromatic N) is 4. The largest absolute Gasteiger partial charge is 0.368 e. The molecule has 7 nitrogen and oxygen atoms in total. The van der Waals surface area contributed by atoms with Crippen LogP contribution in [0.25, 0.3) is 10.9 Å². The summed E-state index contributed by atoms with van der Waals surface area (Å²) in [7, 11) is 0. The third-order valence-electron chi connectivity index (χ3n) is 5.54. The zero-order chi connectivity index (χ0) is 18.9. The first-order chi connectivity index (χ1) is 13.8. The molecule has 2 fully saturated rings. The van der Waals surface area contributed by atoms with Crippen molar-refractivity contribution in [3.05, 3.63) is 54.0 Å². The van der Waals surface area contributed by atoms with Gasteiger partial charge in [-0.3, -0.25) is 4.79 Å². The van der Waals surface area contributed by atoms with Crippen molar-refractivity contribution >= 4 is 22.8 Å². The molecule has 0 radical (unpaired) electrons. The van der Waals surface area contributed by atoms with Crippen LogP contribution in [0.3, 0.4) is 0 Å². The average molecular weight is 377 g/mol. The Balaban J connectivity index is 1.34. The number of nitrogens with one attached hydrogen (secondary N) is 1. The topological polar surface area (TPSA) is 74.3 Å². The first kappa shape index (κ1) is 17.2. The number of carbonyl (C=O) groups excluding carboxylic acids is 1. The quantitative estimate of drug-likeness (QED) is 0.760. The van der Waals surface area contributed by atoms with Gasteiger partial charge in [-0.15, -0.1) is 0 Å². The SMILES string of the molecule is O=C(c1ccc2cc[nH]c2c1)N1CCOC(c2ccnc(N3CCCC3)n2)C1. The number of hydrogen-bond donors (Lipinski definition) is 1. The number of morpholine rings is 1. The normalized spacial score (nSPS) is 20.1. The van der Waals surface area contributed by atoms with Gasteiger partial charge in [-0.25, -0.2) is 9.97 Å². The molecule has 2 aliphatic heterocycles. The minimum Gasteiger partial charge on any atom is -0.368 e. The minimum atomic E-state index is -0.226. The van der Waals surface area contributed by atoms with E-state index in [4.69, 9.17) is 9.72 Å². The van der Waals surface area contributed by atoms with E-state index < -0.39 is 0 Å². The maximum Gasteiger partial charge on any atom is 0.254 e. The predicted molar refractivity (Wildman–Crippen MR) is 106 cm³/mol. The fourth-order valence-electron chi connectivity index (χ4n) is 3.99. The van der Waals surface area contributed by atoms with E-state index in [9.17, 15) is 4.79 Å². The van der Waals surface area contributed by atoms with E-state index in [-0.39, 0.29) is 12.0 Å². The van der Waals surface area contributed by atoms with Crippen molar-refractivity contribution in [2.75, 3.05) is 37.7 Å². The standard InChI is InChI=1S/C21H23N5O2/c27-20(16-4-3-15-5-7-22-18(15)13-16)26-11-12-28-19(14-26)17-6-8-23-21(24-17)25-9-1-2-10-25/h3-8,13,19,22H,1-2,9-12,14H2. The lowest BCUT2D eigenvalue weighted by atomic mass is 10.1. The number of aromatic nitrogens is 3. The molecular formula is C21H23N5O2. The Morgan fingerprint density at radius 1 is 1.14 bits per heavy atom. The molecule has 0 bridgehead atoms. The van der Waals surface area contributed by atoms with Gasteiger partial charge in [-0.05, 0) is 42.5 Å². The second-order valence-corrected chi connectivity index (χ2v) is 7.37. The molecule has 0 spiro atoms. The Kier molecular flexibility index (Phi) is 4.44. The van der Waals surface area contributed by atoms with Gasteiger partial charge in [-0.2, -0.15) is 0 Å². The molecule has 1 N–H and O–H groups in total. The van der Waals surface area contributed by atoms with Gasteiger partial charge in [-0.1, -0.05) is 6.07 Å². The van der Waals surface area contributed by atoms with E-state index in [0.29, 0.717) is 25.3 Å². The molecule has 1 aromatic carbocycles. The number of carbonyl (C=O) groups is 1. The van der Waals surface area contributed by atoms with Gasteiger partial charge in [0.1, 0.15) is 6.10 Å². The molecular weight excluding hydrogens is 354 g/mol. The first-order valence-electron chi connectivity index (χ1n) is 9.84. The second kappa shape index (κ2) is 7.24. The van der Waals surface area contributed by atoms with Crippen molar-refractivity contribution in [3.8, 4) is 0 Å². The summed E-state index contributed by atoms with van der Waals surface area (Å²) < 4.78 is 5.95. The molecule has 1 atom stereocenters. The Bertz CT molecular complexity index is 995. The molecule has 2 saturated heterocycles. The summed E-state index contributed by atoms with van der Waals surface area (Å²) >= 11 is 0. The minimum absolute atomic E-state index is 0.0265. The average Bonchev–Trinajstić information content (AvgIpc) is 3.45. The molecule has 2 aliphatic rings. The van der Waals surface area contributed by atoms with Crippen LogP contribution in [0.5, 0.6) is 0 Å². The van der Waals surface area contributed by atoms with Crippen molar-refractivity contribution in [3.63, 3.8) is 0 Å². The van der Waals surface area contributed by atoms with Crippen molar-refractivity contribution < 1.29 is 9.53 Å². The van der Waals surface area contributed by atoms with Crippen LogP contribution in [0.4, 0.5) is 5.95 Å². The Hall–Kier alpha value is -2.93. The highest BCUT2D eigenvalue weighted by molar-refractivity contribution is 5.98. The Morgan fingerprint density at radius 3 is 2.93 bits per heavy atom. The van der Waals surface area contributed by atoms with Crippen LogP contribution in [0.2, 0.25) is 0 Å². The van der Waals surface area contributed by atoms with Crippen molar-refractivity contribution in [1.82, 2.24) is 19.9 Å².